The SMILES string of the molecule is CC(C)c1ccccc1Nc1cc(-c2ccccc2)nc(N2CCOCC2)n1. The summed E-state index contributed by atoms with van der Waals surface area (Å²) >= 11 is 0. The van der Waals surface area contributed by atoms with Crippen LogP contribution in [0.2, 0.25) is 0 Å². The lowest BCUT2D eigenvalue weighted by atomic mass is 10.0. The van der Waals surface area contributed by atoms with E-state index >= 15 is 0 Å². The average molecular weight is 374 g/mol. The first kappa shape index (κ1) is 18.4. The zero-order valence-corrected chi connectivity index (χ0v) is 16.4. The third kappa shape index (κ3) is 4.15. The van der Waals surface area contributed by atoms with E-state index in [-0.39, 0.29) is 0 Å². The van der Waals surface area contributed by atoms with Crippen LogP contribution in [0, 0.1) is 0 Å². The molecule has 0 atom stereocenters. The van der Waals surface area contributed by atoms with E-state index in [0.29, 0.717) is 19.1 Å². The third-order valence-electron chi connectivity index (χ3n) is 4.92. The van der Waals surface area contributed by atoms with E-state index in [4.69, 9.17) is 14.7 Å². The fourth-order valence-corrected chi connectivity index (χ4v) is 3.41. The molecule has 0 aliphatic carbocycles. The highest BCUT2D eigenvalue weighted by atomic mass is 16.5. The minimum atomic E-state index is 0.429. The van der Waals surface area contributed by atoms with Crippen LogP contribution in [-0.2, 0) is 4.74 Å². The van der Waals surface area contributed by atoms with E-state index < -0.39 is 0 Å². The van der Waals surface area contributed by atoms with Crippen LogP contribution in [0.5, 0.6) is 0 Å². The number of ether oxygens (including phenoxy) is 1. The van der Waals surface area contributed by atoms with E-state index in [2.05, 4.69) is 60.5 Å². The predicted octanol–water partition coefficient (Wildman–Crippen LogP) is 4.85. The second-order valence-corrected chi connectivity index (χ2v) is 7.27. The molecular weight excluding hydrogens is 348 g/mol. The molecule has 1 fully saturated rings. The smallest absolute Gasteiger partial charge is 0.228 e. The van der Waals surface area contributed by atoms with Crippen molar-refractivity contribution in [1.82, 2.24) is 9.97 Å². The van der Waals surface area contributed by atoms with Crippen LogP contribution in [0.1, 0.15) is 25.3 Å². The molecule has 1 aromatic heterocycles. The van der Waals surface area contributed by atoms with Crippen LogP contribution in [0.4, 0.5) is 17.5 Å². The monoisotopic (exact) mass is 374 g/mol. The van der Waals surface area contributed by atoms with Crippen molar-refractivity contribution in [2.75, 3.05) is 36.5 Å². The van der Waals surface area contributed by atoms with E-state index in [1.54, 1.807) is 0 Å². The molecule has 0 unspecified atom stereocenters. The van der Waals surface area contributed by atoms with Gasteiger partial charge in [0.1, 0.15) is 5.82 Å². The van der Waals surface area contributed by atoms with Gasteiger partial charge in [-0.2, -0.15) is 4.98 Å². The van der Waals surface area contributed by atoms with Crippen molar-refractivity contribution in [2.24, 2.45) is 0 Å². The molecule has 5 nitrogen and oxygen atoms in total. The largest absolute Gasteiger partial charge is 0.378 e. The highest BCUT2D eigenvalue weighted by Gasteiger charge is 2.17. The molecular formula is C23H26N4O. The summed E-state index contributed by atoms with van der Waals surface area (Å²) in [6.07, 6.45) is 0. The number of para-hydroxylation sites is 1. The molecule has 3 aromatic rings. The van der Waals surface area contributed by atoms with Gasteiger partial charge in [0, 0.05) is 30.4 Å². The fourth-order valence-electron chi connectivity index (χ4n) is 3.41. The van der Waals surface area contributed by atoms with Gasteiger partial charge in [-0.25, -0.2) is 4.98 Å². The Morgan fingerprint density at radius 3 is 2.39 bits per heavy atom. The van der Waals surface area contributed by atoms with Crippen LogP contribution in [0.15, 0.2) is 60.7 Å². The second-order valence-electron chi connectivity index (χ2n) is 7.27. The lowest BCUT2D eigenvalue weighted by Gasteiger charge is -2.27. The van der Waals surface area contributed by atoms with Crippen molar-refractivity contribution >= 4 is 17.5 Å². The summed E-state index contributed by atoms with van der Waals surface area (Å²) in [5.74, 6) is 1.98. The maximum atomic E-state index is 5.49. The van der Waals surface area contributed by atoms with Gasteiger partial charge in [0.05, 0.1) is 18.9 Å². The average Bonchev–Trinajstić information content (AvgIpc) is 2.75. The Morgan fingerprint density at radius 1 is 0.929 bits per heavy atom. The minimum absolute atomic E-state index is 0.429. The number of hydrogen-bond acceptors (Lipinski definition) is 5. The van der Waals surface area contributed by atoms with Gasteiger partial charge in [0.2, 0.25) is 5.95 Å². The first-order valence-electron chi connectivity index (χ1n) is 9.84. The Bertz CT molecular complexity index is 921. The number of rotatable bonds is 5. The highest BCUT2D eigenvalue weighted by Crippen LogP contribution is 2.29. The summed E-state index contributed by atoms with van der Waals surface area (Å²) in [6, 6.07) is 20.7. The molecule has 4 rings (SSSR count). The van der Waals surface area contributed by atoms with E-state index in [0.717, 1.165) is 41.8 Å². The summed E-state index contributed by atoms with van der Waals surface area (Å²) in [5, 5.41) is 3.53. The Balaban J connectivity index is 1.74. The normalized spacial score (nSPS) is 14.3. The van der Waals surface area contributed by atoms with Gasteiger partial charge in [0.15, 0.2) is 0 Å². The molecule has 2 aromatic carbocycles. The van der Waals surface area contributed by atoms with Gasteiger partial charge in [-0.15, -0.1) is 0 Å². The van der Waals surface area contributed by atoms with Gasteiger partial charge >= 0.3 is 0 Å². The standard InChI is InChI=1S/C23H26N4O/c1-17(2)19-10-6-7-11-20(19)24-22-16-21(18-8-4-3-5-9-18)25-23(26-22)27-12-14-28-15-13-27/h3-11,16-17H,12-15H2,1-2H3,(H,24,25,26). The number of benzene rings is 2. The van der Waals surface area contributed by atoms with Gasteiger partial charge in [-0.3, -0.25) is 0 Å². The molecule has 1 aliphatic rings. The molecule has 5 heteroatoms. The van der Waals surface area contributed by atoms with Gasteiger partial charge in [-0.1, -0.05) is 62.4 Å². The Hall–Kier alpha value is -2.92. The topological polar surface area (TPSA) is 50.3 Å². The van der Waals surface area contributed by atoms with Crippen LogP contribution in [0.3, 0.4) is 0 Å². The van der Waals surface area contributed by atoms with Crippen LogP contribution in [0.25, 0.3) is 11.3 Å². The van der Waals surface area contributed by atoms with Crippen molar-refractivity contribution in [3.05, 3.63) is 66.2 Å². The number of nitrogens with one attached hydrogen (secondary N) is 1. The second kappa shape index (κ2) is 8.40. The lowest BCUT2D eigenvalue weighted by molar-refractivity contribution is 0.122. The summed E-state index contributed by atoms with van der Waals surface area (Å²) in [4.78, 5) is 11.9. The Kier molecular flexibility index (Phi) is 5.53. The summed E-state index contributed by atoms with van der Waals surface area (Å²) in [6.45, 7) is 7.43. The molecule has 1 aliphatic heterocycles. The lowest BCUT2D eigenvalue weighted by Crippen LogP contribution is -2.37. The summed E-state index contributed by atoms with van der Waals surface area (Å²) < 4.78 is 5.49. The highest BCUT2D eigenvalue weighted by molar-refractivity contribution is 5.69. The molecule has 2 heterocycles. The number of nitrogens with zero attached hydrogens (tertiary/aromatic N) is 3. The van der Waals surface area contributed by atoms with E-state index in [1.165, 1.54) is 5.56 Å². The molecule has 1 saturated heterocycles. The van der Waals surface area contributed by atoms with Crippen molar-refractivity contribution in [3.63, 3.8) is 0 Å². The van der Waals surface area contributed by atoms with Crippen LogP contribution >= 0.6 is 0 Å². The van der Waals surface area contributed by atoms with Gasteiger partial charge in [-0.05, 0) is 17.5 Å². The van der Waals surface area contributed by atoms with Crippen molar-refractivity contribution in [1.29, 1.82) is 0 Å². The molecule has 28 heavy (non-hydrogen) atoms. The number of anilines is 3. The molecule has 0 amide bonds. The van der Waals surface area contributed by atoms with E-state index in [9.17, 15) is 0 Å². The first-order valence-corrected chi connectivity index (χ1v) is 9.84. The molecule has 0 bridgehead atoms. The zero-order valence-electron chi connectivity index (χ0n) is 16.4. The molecule has 0 saturated carbocycles. The zero-order chi connectivity index (χ0) is 19.3. The predicted molar refractivity (Wildman–Crippen MR) is 114 cm³/mol. The Labute approximate surface area is 166 Å². The molecule has 144 valence electrons. The van der Waals surface area contributed by atoms with E-state index in [1.807, 2.05) is 24.3 Å². The van der Waals surface area contributed by atoms with Crippen LogP contribution < -0.4 is 10.2 Å². The molecule has 0 radical (unpaired) electrons. The fraction of sp³-hybridized carbons (Fsp3) is 0.304. The maximum absolute atomic E-state index is 5.49. The third-order valence-corrected chi connectivity index (χ3v) is 4.92. The van der Waals surface area contributed by atoms with Crippen molar-refractivity contribution in [3.8, 4) is 11.3 Å². The minimum Gasteiger partial charge on any atom is -0.378 e. The van der Waals surface area contributed by atoms with Crippen molar-refractivity contribution < 1.29 is 4.74 Å². The quantitative estimate of drug-likeness (QED) is 0.692. The molecule has 1 N–H and O–H groups in total. The van der Waals surface area contributed by atoms with Crippen LogP contribution in [-0.4, -0.2) is 36.3 Å². The molecule has 0 spiro atoms. The van der Waals surface area contributed by atoms with Gasteiger partial charge < -0.3 is 15.0 Å². The summed E-state index contributed by atoms with van der Waals surface area (Å²) in [5.41, 5.74) is 4.36. The summed E-state index contributed by atoms with van der Waals surface area (Å²) in [7, 11) is 0. The maximum Gasteiger partial charge on any atom is 0.228 e. The number of morpholine rings is 1. The van der Waals surface area contributed by atoms with Crippen molar-refractivity contribution in [2.45, 2.75) is 19.8 Å². The Morgan fingerprint density at radius 2 is 1.64 bits per heavy atom. The number of hydrogen-bond donors (Lipinski definition) is 1. The first-order chi connectivity index (χ1) is 13.7. The van der Waals surface area contributed by atoms with Gasteiger partial charge in [0.25, 0.3) is 0 Å². The number of aromatic nitrogens is 2.